The molecule has 0 fully saturated rings. The van der Waals surface area contributed by atoms with E-state index in [9.17, 15) is 13.2 Å². The molecule has 1 heterocycles. The summed E-state index contributed by atoms with van der Waals surface area (Å²) in [6, 6.07) is 18.5. The molecule has 28 heavy (non-hydrogen) atoms. The minimum absolute atomic E-state index is 0.131. The number of hydrogen-bond donors (Lipinski definition) is 2. The van der Waals surface area contributed by atoms with E-state index in [0.29, 0.717) is 16.0 Å². The molecule has 0 aromatic heterocycles. The number of benzene rings is 3. The van der Waals surface area contributed by atoms with Crippen molar-refractivity contribution in [3.63, 3.8) is 0 Å². The van der Waals surface area contributed by atoms with Crippen LogP contribution in [0.1, 0.15) is 27.5 Å². The zero-order valence-corrected chi connectivity index (χ0v) is 16.8. The van der Waals surface area contributed by atoms with Gasteiger partial charge >= 0.3 is 0 Å². The van der Waals surface area contributed by atoms with Crippen LogP contribution in [0.2, 0.25) is 0 Å². The van der Waals surface area contributed by atoms with E-state index in [1.807, 2.05) is 48.5 Å². The lowest BCUT2D eigenvalue weighted by Crippen LogP contribution is -2.31. The maximum absolute atomic E-state index is 13.0. The molecule has 1 aliphatic heterocycles. The van der Waals surface area contributed by atoms with Crippen LogP contribution < -0.4 is 15.2 Å². The molecular formula is C20H15BrN2O4S. The van der Waals surface area contributed by atoms with Crippen LogP contribution in [0.3, 0.4) is 0 Å². The predicted octanol–water partition coefficient (Wildman–Crippen LogP) is 3.72. The fraction of sp³-hybridized carbons (Fsp3) is 0.0500. The van der Waals surface area contributed by atoms with Crippen molar-refractivity contribution in [1.82, 2.24) is 5.32 Å². The summed E-state index contributed by atoms with van der Waals surface area (Å²) >= 11 is 3.30. The average molecular weight is 459 g/mol. The summed E-state index contributed by atoms with van der Waals surface area (Å²) < 4.78 is 29.7. The maximum Gasteiger partial charge on any atom is 0.253 e. The van der Waals surface area contributed by atoms with Crippen molar-refractivity contribution in [3.8, 4) is 11.5 Å². The van der Waals surface area contributed by atoms with Crippen molar-refractivity contribution < 1.29 is 17.9 Å². The summed E-state index contributed by atoms with van der Waals surface area (Å²) in [6.07, 6.45) is 0. The lowest BCUT2D eigenvalue weighted by molar-refractivity contribution is 0.0940. The van der Waals surface area contributed by atoms with Crippen molar-refractivity contribution in [3.05, 3.63) is 87.9 Å². The molecule has 1 aliphatic rings. The number of halogens is 1. The lowest BCUT2D eigenvalue weighted by atomic mass is 9.94. The Morgan fingerprint density at radius 2 is 1.54 bits per heavy atom. The average Bonchev–Trinajstić information content (AvgIpc) is 2.67. The van der Waals surface area contributed by atoms with Crippen molar-refractivity contribution in [1.29, 1.82) is 0 Å². The summed E-state index contributed by atoms with van der Waals surface area (Å²) in [7, 11) is -3.93. The normalized spacial score (nSPS) is 13.2. The van der Waals surface area contributed by atoms with Crippen molar-refractivity contribution >= 4 is 31.9 Å². The molecule has 0 atom stereocenters. The molecule has 3 aromatic carbocycles. The Hall–Kier alpha value is -2.68. The van der Waals surface area contributed by atoms with E-state index in [1.54, 1.807) is 0 Å². The van der Waals surface area contributed by atoms with Crippen molar-refractivity contribution in [2.45, 2.75) is 10.9 Å². The van der Waals surface area contributed by atoms with Crippen LogP contribution >= 0.6 is 15.9 Å². The van der Waals surface area contributed by atoms with Crippen LogP contribution in [0.4, 0.5) is 0 Å². The smallest absolute Gasteiger partial charge is 0.253 e. The second-order valence-corrected chi connectivity index (χ2v) is 8.69. The van der Waals surface area contributed by atoms with E-state index in [0.717, 1.165) is 11.1 Å². The number of primary sulfonamides is 1. The van der Waals surface area contributed by atoms with Gasteiger partial charge in [-0.15, -0.1) is 0 Å². The highest BCUT2D eigenvalue weighted by atomic mass is 79.9. The van der Waals surface area contributed by atoms with E-state index >= 15 is 0 Å². The molecule has 0 saturated carbocycles. The number of hydrogen-bond acceptors (Lipinski definition) is 4. The number of carbonyl (C=O) groups is 1. The van der Waals surface area contributed by atoms with Crippen molar-refractivity contribution in [2.24, 2.45) is 5.14 Å². The zero-order chi connectivity index (χ0) is 19.9. The first kappa shape index (κ1) is 18.7. The second-order valence-electron chi connectivity index (χ2n) is 6.27. The van der Waals surface area contributed by atoms with Crippen molar-refractivity contribution in [2.75, 3.05) is 0 Å². The molecule has 4 rings (SSSR count). The zero-order valence-electron chi connectivity index (χ0n) is 14.4. The molecule has 142 valence electrons. The predicted molar refractivity (Wildman–Crippen MR) is 108 cm³/mol. The molecule has 0 bridgehead atoms. The van der Waals surface area contributed by atoms with Crippen LogP contribution in [0.15, 0.2) is 76.1 Å². The number of carbonyl (C=O) groups excluding carboxylic acids is 1. The third kappa shape index (κ3) is 3.42. The van der Waals surface area contributed by atoms with Crippen LogP contribution in [-0.2, 0) is 10.0 Å². The number of ether oxygens (including phenoxy) is 1. The number of rotatable bonds is 3. The summed E-state index contributed by atoms with van der Waals surface area (Å²) in [5.74, 6) is 0.876. The van der Waals surface area contributed by atoms with Gasteiger partial charge in [-0.1, -0.05) is 36.4 Å². The maximum atomic E-state index is 13.0. The molecule has 1 amide bonds. The second kappa shape index (κ2) is 7.05. The van der Waals surface area contributed by atoms with E-state index in [-0.39, 0.29) is 10.5 Å². The molecule has 6 nitrogen and oxygen atoms in total. The Labute approximate surface area is 170 Å². The standard InChI is InChI=1S/C20H15BrN2O4S/c21-16-10-9-12(28(22,25)26)11-15(16)20(24)23-19-13-5-1-3-7-17(13)27-18-8-4-2-6-14(18)19/h1-11,19H,(H,23,24)(H2,22,25,26). The van der Waals surface area contributed by atoms with Gasteiger partial charge in [-0.05, 0) is 46.3 Å². The molecule has 3 N–H and O–H groups in total. The first-order chi connectivity index (χ1) is 13.3. The monoisotopic (exact) mass is 458 g/mol. The van der Waals surface area contributed by atoms with E-state index in [2.05, 4.69) is 21.2 Å². The third-order valence-corrected chi connectivity index (χ3v) is 6.07. The molecule has 3 aromatic rings. The molecular weight excluding hydrogens is 444 g/mol. The van der Waals surface area contributed by atoms with Gasteiger partial charge in [0.05, 0.1) is 16.5 Å². The molecule has 0 aliphatic carbocycles. The van der Waals surface area contributed by atoms with E-state index < -0.39 is 22.0 Å². The van der Waals surface area contributed by atoms with E-state index in [1.165, 1.54) is 18.2 Å². The van der Waals surface area contributed by atoms with Gasteiger partial charge < -0.3 is 10.1 Å². The molecule has 0 unspecified atom stereocenters. The van der Waals surface area contributed by atoms with Gasteiger partial charge in [-0.2, -0.15) is 0 Å². The highest BCUT2D eigenvalue weighted by molar-refractivity contribution is 9.10. The summed E-state index contributed by atoms with van der Waals surface area (Å²) in [4.78, 5) is 12.9. The largest absolute Gasteiger partial charge is 0.457 e. The quantitative estimate of drug-likeness (QED) is 0.624. The molecule has 8 heteroatoms. The number of para-hydroxylation sites is 2. The first-order valence-corrected chi connectivity index (χ1v) is 10.7. The van der Waals surface area contributed by atoms with Crippen LogP contribution in [-0.4, -0.2) is 14.3 Å². The van der Waals surface area contributed by atoms with Gasteiger partial charge in [0.15, 0.2) is 0 Å². The van der Waals surface area contributed by atoms with Crippen LogP contribution in [0, 0.1) is 0 Å². The van der Waals surface area contributed by atoms with Gasteiger partial charge in [0.25, 0.3) is 5.91 Å². The SMILES string of the molecule is NS(=O)(=O)c1ccc(Br)c(C(=O)NC2c3ccccc3Oc3ccccc32)c1. The molecule has 0 radical (unpaired) electrons. The van der Waals surface area contributed by atoms with E-state index in [4.69, 9.17) is 9.88 Å². The lowest BCUT2D eigenvalue weighted by Gasteiger charge is -2.29. The van der Waals surface area contributed by atoms with Gasteiger partial charge in [0, 0.05) is 15.6 Å². The number of sulfonamides is 1. The Morgan fingerprint density at radius 3 is 2.11 bits per heavy atom. The summed E-state index contributed by atoms with van der Waals surface area (Å²) in [6.45, 7) is 0. The van der Waals surface area contributed by atoms with Gasteiger partial charge in [0.2, 0.25) is 10.0 Å². The van der Waals surface area contributed by atoms with Gasteiger partial charge in [-0.25, -0.2) is 13.6 Å². The van der Waals surface area contributed by atoms with Crippen LogP contribution in [0.5, 0.6) is 11.5 Å². The molecule has 0 spiro atoms. The third-order valence-electron chi connectivity index (χ3n) is 4.47. The number of amides is 1. The number of nitrogens with two attached hydrogens (primary N) is 1. The number of fused-ring (bicyclic) bond motifs is 2. The highest BCUT2D eigenvalue weighted by Crippen LogP contribution is 2.42. The minimum atomic E-state index is -3.93. The molecule has 0 saturated heterocycles. The van der Waals surface area contributed by atoms with Gasteiger partial charge in [0.1, 0.15) is 11.5 Å². The fourth-order valence-electron chi connectivity index (χ4n) is 3.13. The Balaban J connectivity index is 1.75. The Kier molecular flexibility index (Phi) is 4.70. The topological polar surface area (TPSA) is 98.5 Å². The summed E-state index contributed by atoms with van der Waals surface area (Å²) in [5, 5.41) is 8.18. The van der Waals surface area contributed by atoms with Gasteiger partial charge in [-0.3, -0.25) is 4.79 Å². The summed E-state index contributed by atoms with van der Waals surface area (Å²) in [5.41, 5.74) is 1.80. The fourth-order valence-corrected chi connectivity index (χ4v) is 4.10. The number of nitrogens with one attached hydrogen (secondary N) is 1. The minimum Gasteiger partial charge on any atom is -0.457 e. The highest BCUT2D eigenvalue weighted by Gasteiger charge is 2.29. The van der Waals surface area contributed by atoms with Crippen LogP contribution in [0.25, 0.3) is 0 Å². The Bertz CT molecular complexity index is 1150. The Morgan fingerprint density at radius 1 is 0.964 bits per heavy atom. The first-order valence-electron chi connectivity index (χ1n) is 8.33.